The van der Waals surface area contributed by atoms with Gasteiger partial charge in [0.1, 0.15) is 0 Å². The standard InChI is InChI=1S/C15H17NO2S2/c1-20(17,18)14-8-6-13(7-9-14)19-15-5-3-2-4-12(15)10-11-16/h2-9H,10-11,16H2,1H3. The molecule has 2 rings (SSSR count). The largest absolute Gasteiger partial charge is 0.330 e. The maximum Gasteiger partial charge on any atom is 0.175 e. The van der Waals surface area contributed by atoms with Gasteiger partial charge in [-0.25, -0.2) is 8.42 Å². The monoisotopic (exact) mass is 307 g/mol. The molecular weight excluding hydrogens is 290 g/mol. The van der Waals surface area contributed by atoms with Crippen molar-refractivity contribution in [3.63, 3.8) is 0 Å². The second kappa shape index (κ2) is 6.43. The Morgan fingerprint density at radius 3 is 2.30 bits per heavy atom. The van der Waals surface area contributed by atoms with E-state index in [0.717, 1.165) is 16.2 Å². The van der Waals surface area contributed by atoms with Crippen molar-refractivity contribution in [1.82, 2.24) is 0 Å². The van der Waals surface area contributed by atoms with E-state index >= 15 is 0 Å². The fourth-order valence-corrected chi connectivity index (χ4v) is 3.45. The quantitative estimate of drug-likeness (QED) is 0.922. The highest BCUT2D eigenvalue weighted by Gasteiger charge is 2.07. The average Bonchev–Trinajstić information content (AvgIpc) is 2.41. The summed E-state index contributed by atoms with van der Waals surface area (Å²) < 4.78 is 22.8. The van der Waals surface area contributed by atoms with Crippen molar-refractivity contribution in [1.29, 1.82) is 0 Å². The molecule has 0 unspecified atom stereocenters. The lowest BCUT2D eigenvalue weighted by Crippen LogP contribution is -2.03. The summed E-state index contributed by atoms with van der Waals surface area (Å²) in [4.78, 5) is 2.52. The van der Waals surface area contributed by atoms with E-state index in [4.69, 9.17) is 5.73 Å². The van der Waals surface area contributed by atoms with Crippen LogP contribution >= 0.6 is 11.8 Å². The first-order valence-electron chi connectivity index (χ1n) is 6.26. The van der Waals surface area contributed by atoms with Gasteiger partial charge in [0.25, 0.3) is 0 Å². The minimum atomic E-state index is -3.14. The van der Waals surface area contributed by atoms with E-state index in [2.05, 4.69) is 12.1 Å². The van der Waals surface area contributed by atoms with Crippen molar-refractivity contribution in [3.8, 4) is 0 Å². The van der Waals surface area contributed by atoms with Crippen LogP contribution in [0.5, 0.6) is 0 Å². The molecule has 5 heteroatoms. The van der Waals surface area contributed by atoms with Crippen LogP contribution in [-0.4, -0.2) is 21.2 Å². The molecule has 106 valence electrons. The van der Waals surface area contributed by atoms with Gasteiger partial charge >= 0.3 is 0 Å². The molecule has 0 saturated carbocycles. The minimum Gasteiger partial charge on any atom is -0.330 e. The molecule has 0 aliphatic heterocycles. The Kier molecular flexibility index (Phi) is 4.86. The smallest absolute Gasteiger partial charge is 0.175 e. The van der Waals surface area contributed by atoms with Crippen LogP contribution in [0.4, 0.5) is 0 Å². The molecule has 0 aliphatic rings. The number of nitrogens with two attached hydrogens (primary N) is 1. The molecule has 0 heterocycles. The van der Waals surface area contributed by atoms with Crippen LogP contribution in [0.1, 0.15) is 5.56 Å². The Labute approximate surface area is 124 Å². The summed E-state index contributed by atoms with van der Waals surface area (Å²) in [5, 5.41) is 0. The minimum absolute atomic E-state index is 0.345. The normalized spacial score (nSPS) is 11.5. The van der Waals surface area contributed by atoms with Crippen LogP contribution < -0.4 is 5.73 Å². The lowest BCUT2D eigenvalue weighted by atomic mass is 10.1. The first-order valence-corrected chi connectivity index (χ1v) is 8.97. The molecule has 0 radical (unpaired) electrons. The fourth-order valence-electron chi connectivity index (χ4n) is 1.85. The lowest BCUT2D eigenvalue weighted by molar-refractivity contribution is 0.602. The van der Waals surface area contributed by atoms with Gasteiger partial charge in [-0.15, -0.1) is 0 Å². The highest BCUT2D eigenvalue weighted by molar-refractivity contribution is 7.99. The molecule has 0 aromatic heterocycles. The topological polar surface area (TPSA) is 60.2 Å². The predicted octanol–water partition coefficient (Wildman–Crippen LogP) is 2.74. The van der Waals surface area contributed by atoms with Crippen LogP contribution in [0.25, 0.3) is 0 Å². The van der Waals surface area contributed by atoms with E-state index in [9.17, 15) is 8.42 Å². The zero-order chi connectivity index (χ0) is 14.6. The van der Waals surface area contributed by atoms with Gasteiger partial charge < -0.3 is 5.73 Å². The molecule has 0 spiro atoms. The molecule has 3 nitrogen and oxygen atoms in total. The van der Waals surface area contributed by atoms with Crippen molar-refractivity contribution >= 4 is 21.6 Å². The van der Waals surface area contributed by atoms with E-state index < -0.39 is 9.84 Å². The Balaban J connectivity index is 2.22. The third kappa shape index (κ3) is 3.85. The van der Waals surface area contributed by atoms with Crippen LogP contribution in [0.2, 0.25) is 0 Å². The third-order valence-electron chi connectivity index (χ3n) is 2.87. The van der Waals surface area contributed by atoms with Gasteiger partial charge in [0.2, 0.25) is 0 Å². The summed E-state index contributed by atoms with van der Waals surface area (Å²) in [7, 11) is -3.14. The number of sulfone groups is 1. The van der Waals surface area contributed by atoms with Gasteiger partial charge in [-0.3, -0.25) is 0 Å². The molecule has 0 atom stereocenters. The van der Waals surface area contributed by atoms with Crippen LogP contribution in [-0.2, 0) is 16.3 Å². The van der Waals surface area contributed by atoms with Crippen LogP contribution in [0.3, 0.4) is 0 Å². The summed E-state index contributed by atoms with van der Waals surface area (Å²) in [6, 6.07) is 15.1. The molecule has 0 aliphatic carbocycles. The van der Waals surface area contributed by atoms with Gasteiger partial charge in [-0.2, -0.15) is 0 Å². The van der Waals surface area contributed by atoms with Crippen molar-refractivity contribution in [2.75, 3.05) is 12.8 Å². The first-order chi connectivity index (χ1) is 9.50. The fraction of sp³-hybridized carbons (Fsp3) is 0.200. The number of hydrogen-bond donors (Lipinski definition) is 1. The highest BCUT2D eigenvalue weighted by Crippen LogP contribution is 2.31. The average molecular weight is 307 g/mol. The molecule has 20 heavy (non-hydrogen) atoms. The van der Waals surface area contributed by atoms with E-state index in [0.29, 0.717) is 11.4 Å². The maximum absolute atomic E-state index is 11.4. The highest BCUT2D eigenvalue weighted by atomic mass is 32.2. The second-order valence-corrected chi connectivity index (χ2v) is 7.62. The number of hydrogen-bond acceptors (Lipinski definition) is 4. The van der Waals surface area contributed by atoms with Crippen molar-refractivity contribution in [3.05, 3.63) is 54.1 Å². The Morgan fingerprint density at radius 1 is 1.05 bits per heavy atom. The molecule has 0 bridgehead atoms. The maximum atomic E-state index is 11.4. The van der Waals surface area contributed by atoms with Gasteiger partial charge in [0.15, 0.2) is 9.84 Å². The Hall–Kier alpha value is -1.30. The van der Waals surface area contributed by atoms with E-state index in [1.54, 1.807) is 23.9 Å². The summed E-state index contributed by atoms with van der Waals surface area (Å²) in [5.41, 5.74) is 6.83. The molecular formula is C15H17NO2S2. The molecule has 2 N–H and O–H groups in total. The molecule has 0 fully saturated rings. The van der Waals surface area contributed by atoms with E-state index in [1.165, 1.54) is 11.8 Å². The number of benzene rings is 2. The van der Waals surface area contributed by atoms with Crippen LogP contribution in [0, 0.1) is 0 Å². The zero-order valence-electron chi connectivity index (χ0n) is 11.2. The summed E-state index contributed by atoms with van der Waals surface area (Å²) in [6.45, 7) is 0.616. The van der Waals surface area contributed by atoms with Crippen molar-refractivity contribution in [2.45, 2.75) is 21.1 Å². The summed E-state index contributed by atoms with van der Waals surface area (Å²) in [6.07, 6.45) is 2.05. The van der Waals surface area contributed by atoms with Crippen molar-refractivity contribution in [2.24, 2.45) is 5.73 Å². The molecule has 2 aromatic carbocycles. The number of rotatable bonds is 5. The second-order valence-electron chi connectivity index (χ2n) is 4.49. The molecule has 0 amide bonds. The summed E-state index contributed by atoms with van der Waals surface area (Å²) >= 11 is 1.62. The van der Waals surface area contributed by atoms with Gasteiger partial charge in [0, 0.05) is 16.0 Å². The van der Waals surface area contributed by atoms with E-state index in [1.807, 2.05) is 24.3 Å². The van der Waals surface area contributed by atoms with Gasteiger partial charge in [0.05, 0.1) is 4.90 Å². The zero-order valence-corrected chi connectivity index (χ0v) is 12.9. The predicted molar refractivity (Wildman–Crippen MR) is 82.9 cm³/mol. The Morgan fingerprint density at radius 2 is 1.70 bits per heavy atom. The van der Waals surface area contributed by atoms with E-state index in [-0.39, 0.29) is 0 Å². The Bertz CT molecular complexity index is 679. The molecule has 2 aromatic rings. The SMILES string of the molecule is CS(=O)(=O)c1ccc(Sc2ccccc2CCN)cc1. The lowest BCUT2D eigenvalue weighted by Gasteiger charge is -2.08. The third-order valence-corrected chi connectivity index (χ3v) is 5.12. The molecule has 0 saturated heterocycles. The van der Waals surface area contributed by atoms with Gasteiger partial charge in [-0.05, 0) is 48.9 Å². The van der Waals surface area contributed by atoms with Crippen LogP contribution in [0.15, 0.2) is 63.2 Å². The van der Waals surface area contributed by atoms with Gasteiger partial charge in [-0.1, -0.05) is 30.0 Å². The van der Waals surface area contributed by atoms with Crippen molar-refractivity contribution < 1.29 is 8.42 Å². The summed E-state index contributed by atoms with van der Waals surface area (Å²) in [5.74, 6) is 0. The first kappa shape index (κ1) is 15.1.